The van der Waals surface area contributed by atoms with Gasteiger partial charge in [0.1, 0.15) is 0 Å². The Morgan fingerprint density at radius 3 is 2.61 bits per heavy atom. The van der Waals surface area contributed by atoms with Crippen molar-refractivity contribution in [2.45, 2.75) is 40.2 Å². The van der Waals surface area contributed by atoms with Gasteiger partial charge in [0.2, 0.25) is 5.91 Å². The first-order valence-electron chi connectivity index (χ1n) is 6.02. The van der Waals surface area contributed by atoms with E-state index in [0.717, 1.165) is 5.56 Å². The third-order valence-corrected chi connectivity index (χ3v) is 3.49. The Hall–Kier alpha value is -1.06. The van der Waals surface area contributed by atoms with Crippen LogP contribution in [0.5, 0.6) is 0 Å². The fourth-order valence-corrected chi connectivity index (χ4v) is 1.62. The Balaban J connectivity index is 2.69. The Labute approximate surface area is 114 Å². The first-order chi connectivity index (χ1) is 8.21. The number of halogens is 1. The molecule has 1 aromatic rings. The smallest absolute Gasteiger partial charge is 0.225 e. The van der Waals surface area contributed by atoms with Crippen LogP contribution in [0.25, 0.3) is 0 Å². The fraction of sp³-hybridized carbons (Fsp3) is 0.500. The molecule has 1 unspecified atom stereocenters. The molecule has 0 fully saturated rings. The lowest BCUT2D eigenvalue weighted by Crippen LogP contribution is -2.38. The van der Waals surface area contributed by atoms with Crippen LogP contribution in [0.3, 0.4) is 0 Å². The van der Waals surface area contributed by atoms with Crippen molar-refractivity contribution in [2.24, 2.45) is 11.1 Å². The summed E-state index contributed by atoms with van der Waals surface area (Å²) in [6.45, 7) is 7.96. The van der Waals surface area contributed by atoms with E-state index in [-0.39, 0.29) is 23.8 Å². The van der Waals surface area contributed by atoms with E-state index in [1.54, 1.807) is 6.07 Å². The lowest BCUT2D eigenvalue weighted by Gasteiger charge is -2.26. The van der Waals surface area contributed by atoms with Gasteiger partial charge in [0.15, 0.2) is 0 Å². The lowest BCUT2D eigenvalue weighted by atomic mass is 9.85. The molecule has 3 N–H and O–H groups in total. The molecule has 0 radical (unpaired) electrons. The highest BCUT2D eigenvalue weighted by molar-refractivity contribution is 6.34. The van der Waals surface area contributed by atoms with E-state index >= 15 is 0 Å². The molecule has 3 nitrogen and oxygen atoms in total. The minimum atomic E-state index is -0.180. The van der Waals surface area contributed by atoms with Crippen LogP contribution in [-0.4, -0.2) is 11.9 Å². The van der Waals surface area contributed by atoms with E-state index in [1.807, 2.05) is 39.8 Å². The van der Waals surface area contributed by atoms with Crippen LogP contribution in [-0.2, 0) is 4.79 Å². The summed E-state index contributed by atoms with van der Waals surface area (Å²) in [6.07, 6.45) is 0.285. The van der Waals surface area contributed by atoms with Crippen molar-refractivity contribution < 1.29 is 4.79 Å². The zero-order chi connectivity index (χ0) is 13.9. The average Bonchev–Trinajstić information content (AvgIpc) is 2.23. The molecule has 0 bridgehead atoms. The van der Waals surface area contributed by atoms with Gasteiger partial charge in [0.25, 0.3) is 0 Å². The minimum Gasteiger partial charge on any atom is -0.327 e. The summed E-state index contributed by atoms with van der Waals surface area (Å²) < 4.78 is 0. The number of amides is 1. The summed E-state index contributed by atoms with van der Waals surface area (Å²) in [5.74, 6) is -0.107. The average molecular weight is 269 g/mol. The molecule has 0 aromatic heterocycles. The van der Waals surface area contributed by atoms with Crippen LogP contribution >= 0.6 is 11.6 Å². The quantitative estimate of drug-likeness (QED) is 0.883. The maximum atomic E-state index is 11.9. The normalized spacial score (nSPS) is 13.2. The summed E-state index contributed by atoms with van der Waals surface area (Å²) in [5.41, 5.74) is 7.47. The molecule has 0 saturated carbocycles. The Morgan fingerprint density at radius 2 is 2.06 bits per heavy atom. The molecule has 0 aliphatic carbocycles. The van der Waals surface area contributed by atoms with Crippen molar-refractivity contribution in [1.82, 2.24) is 0 Å². The molecule has 0 saturated heterocycles. The first kappa shape index (κ1) is 15.0. The minimum absolute atomic E-state index is 0.0895. The number of benzene rings is 1. The molecule has 1 aromatic carbocycles. The summed E-state index contributed by atoms with van der Waals surface area (Å²) in [6, 6.07) is 5.37. The van der Waals surface area contributed by atoms with Gasteiger partial charge in [-0.3, -0.25) is 4.79 Å². The van der Waals surface area contributed by atoms with Crippen LogP contribution in [0.1, 0.15) is 32.8 Å². The number of hydrogen-bond donors (Lipinski definition) is 2. The van der Waals surface area contributed by atoms with Gasteiger partial charge in [0, 0.05) is 12.5 Å². The third kappa shape index (κ3) is 4.00. The van der Waals surface area contributed by atoms with Gasteiger partial charge in [-0.15, -0.1) is 0 Å². The highest BCUT2D eigenvalue weighted by Crippen LogP contribution is 2.26. The summed E-state index contributed by atoms with van der Waals surface area (Å²) in [5, 5.41) is 3.38. The van der Waals surface area contributed by atoms with Gasteiger partial charge in [-0.1, -0.05) is 44.5 Å². The Kier molecular flexibility index (Phi) is 4.77. The predicted octanol–water partition coefficient (Wildman–Crippen LogP) is 3.35. The molecule has 1 atom stereocenters. The number of aryl methyl sites for hydroxylation is 1. The maximum absolute atomic E-state index is 11.9. The maximum Gasteiger partial charge on any atom is 0.225 e. The second kappa shape index (κ2) is 5.72. The highest BCUT2D eigenvalue weighted by Gasteiger charge is 2.23. The number of rotatable bonds is 3. The summed E-state index contributed by atoms with van der Waals surface area (Å²) in [4.78, 5) is 11.9. The zero-order valence-corrected chi connectivity index (χ0v) is 12.1. The highest BCUT2D eigenvalue weighted by atomic mass is 35.5. The number of nitrogens with one attached hydrogen (secondary N) is 1. The van der Waals surface area contributed by atoms with Gasteiger partial charge >= 0.3 is 0 Å². The number of carbonyl (C=O) groups is 1. The lowest BCUT2D eigenvalue weighted by molar-refractivity contribution is -0.117. The molecule has 0 aliphatic rings. The van der Waals surface area contributed by atoms with Crippen molar-refractivity contribution in [2.75, 3.05) is 5.32 Å². The summed E-state index contributed by atoms with van der Waals surface area (Å²) in [7, 11) is 0. The molecule has 1 amide bonds. The molecular weight excluding hydrogens is 248 g/mol. The third-order valence-electron chi connectivity index (χ3n) is 2.98. The van der Waals surface area contributed by atoms with E-state index in [4.69, 9.17) is 17.3 Å². The van der Waals surface area contributed by atoms with Crippen LogP contribution in [0.2, 0.25) is 5.02 Å². The number of carbonyl (C=O) groups excluding carboxylic acids is 1. The summed E-state index contributed by atoms with van der Waals surface area (Å²) >= 11 is 6.12. The molecule has 0 aliphatic heterocycles. The molecular formula is C14H21ClN2O. The monoisotopic (exact) mass is 268 g/mol. The topological polar surface area (TPSA) is 55.1 Å². The van der Waals surface area contributed by atoms with Crippen LogP contribution in [0.4, 0.5) is 5.69 Å². The van der Waals surface area contributed by atoms with Gasteiger partial charge in [-0.2, -0.15) is 0 Å². The second-order valence-corrected chi connectivity index (χ2v) is 6.04. The van der Waals surface area contributed by atoms with E-state index in [0.29, 0.717) is 10.7 Å². The van der Waals surface area contributed by atoms with Gasteiger partial charge in [-0.25, -0.2) is 0 Å². The SMILES string of the molecule is Cc1cccc(NC(=O)CC(N)C(C)(C)C)c1Cl. The zero-order valence-electron chi connectivity index (χ0n) is 11.4. The molecule has 18 heavy (non-hydrogen) atoms. The second-order valence-electron chi connectivity index (χ2n) is 5.66. The molecule has 0 heterocycles. The standard InChI is InChI=1S/C14H21ClN2O/c1-9-6-5-7-10(13(9)15)17-12(18)8-11(16)14(2,3)4/h5-7,11H,8,16H2,1-4H3,(H,17,18). The van der Waals surface area contributed by atoms with Gasteiger partial charge in [-0.05, 0) is 24.0 Å². The Morgan fingerprint density at radius 1 is 1.44 bits per heavy atom. The van der Waals surface area contributed by atoms with Crippen LogP contribution < -0.4 is 11.1 Å². The molecule has 100 valence electrons. The number of hydrogen-bond acceptors (Lipinski definition) is 2. The molecule has 1 rings (SSSR count). The largest absolute Gasteiger partial charge is 0.327 e. The van der Waals surface area contributed by atoms with Crippen molar-refractivity contribution >= 4 is 23.2 Å². The fourth-order valence-electron chi connectivity index (χ4n) is 1.45. The van der Waals surface area contributed by atoms with Crippen molar-refractivity contribution in [1.29, 1.82) is 0 Å². The van der Waals surface area contributed by atoms with E-state index in [1.165, 1.54) is 0 Å². The number of nitrogens with two attached hydrogens (primary N) is 1. The number of anilines is 1. The van der Waals surface area contributed by atoms with E-state index in [9.17, 15) is 4.79 Å². The first-order valence-corrected chi connectivity index (χ1v) is 6.40. The van der Waals surface area contributed by atoms with Crippen LogP contribution in [0.15, 0.2) is 18.2 Å². The van der Waals surface area contributed by atoms with Crippen LogP contribution in [0, 0.1) is 12.3 Å². The van der Waals surface area contributed by atoms with Crippen molar-refractivity contribution in [3.63, 3.8) is 0 Å². The van der Waals surface area contributed by atoms with Crippen molar-refractivity contribution in [3.05, 3.63) is 28.8 Å². The van der Waals surface area contributed by atoms with Crippen molar-refractivity contribution in [3.8, 4) is 0 Å². The molecule has 0 spiro atoms. The molecule has 4 heteroatoms. The van der Waals surface area contributed by atoms with E-state index < -0.39 is 0 Å². The predicted molar refractivity (Wildman–Crippen MR) is 76.9 cm³/mol. The Bertz CT molecular complexity index is 438. The van der Waals surface area contributed by atoms with E-state index in [2.05, 4.69) is 5.32 Å². The van der Waals surface area contributed by atoms with Gasteiger partial charge < -0.3 is 11.1 Å². The van der Waals surface area contributed by atoms with Gasteiger partial charge in [0.05, 0.1) is 10.7 Å².